The summed E-state index contributed by atoms with van der Waals surface area (Å²) < 4.78 is 7.03. The summed E-state index contributed by atoms with van der Waals surface area (Å²) in [5.41, 5.74) is 0.214. The molecule has 0 fully saturated rings. The van der Waals surface area contributed by atoms with Crippen LogP contribution in [0, 0.1) is 0 Å². The minimum atomic E-state index is -0.220. The molecule has 0 N–H and O–H groups in total. The molecule has 4 nitrogen and oxygen atoms in total. The number of benzene rings is 2. The molecule has 3 rings (SSSR count). The summed E-state index contributed by atoms with van der Waals surface area (Å²) in [5, 5.41) is 1.65. The molecule has 7 heteroatoms. The summed E-state index contributed by atoms with van der Waals surface area (Å²) in [6.45, 7) is 0.613. The topological polar surface area (TPSA) is 44.1 Å². The number of fused-ring (bicyclic) bond motifs is 1. The summed E-state index contributed by atoms with van der Waals surface area (Å²) in [6.07, 6.45) is 1.44. The van der Waals surface area contributed by atoms with E-state index in [4.69, 9.17) is 39.5 Å². The molecule has 0 aliphatic heterocycles. The van der Waals surface area contributed by atoms with E-state index < -0.39 is 0 Å². The summed E-state index contributed by atoms with van der Waals surface area (Å²) >= 11 is 18.0. The fraction of sp³-hybridized carbons (Fsp3) is 0.125. The lowest BCUT2D eigenvalue weighted by atomic mass is 10.2. The average molecular weight is 370 g/mol. The van der Waals surface area contributed by atoms with Crippen LogP contribution in [0.15, 0.2) is 47.5 Å². The zero-order valence-electron chi connectivity index (χ0n) is 11.8. The van der Waals surface area contributed by atoms with E-state index in [0.717, 1.165) is 0 Å². The Morgan fingerprint density at radius 2 is 1.87 bits per heavy atom. The third kappa shape index (κ3) is 3.44. The van der Waals surface area contributed by atoms with Gasteiger partial charge in [0.25, 0.3) is 5.56 Å². The minimum absolute atomic E-state index is 0.220. The largest absolute Gasteiger partial charge is 0.490 e. The molecule has 23 heavy (non-hydrogen) atoms. The Kier molecular flexibility index (Phi) is 4.76. The van der Waals surface area contributed by atoms with Crippen LogP contribution in [0.2, 0.25) is 15.1 Å². The van der Waals surface area contributed by atoms with Gasteiger partial charge in [-0.15, -0.1) is 0 Å². The highest BCUT2D eigenvalue weighted by atomic mass is 35.5. The highest BCUT2D eigenvalue weighted by Gasteiger charge is 2.09. The van der Waals surface area contributed by atoms with Crippen LogP contribution in [0.3, 0.4) is 0 Å². The first kappa shape index (κ1) is 16.1. The van der Waals surface area contributed by atoms with Gasteiger partial charge in [-0.25, -0.2) is 4.98 Å². The number of hydrogen-bond donors (Lipinski definition) is 0. The van der Waals surface area contributed by atoms with Crippen LogP contribution in [0.4, 0.5) is 0 Å². The van der Waals surface area contributed by atoms with Crippen molar-refractivity contribution in [1.29, 1.82) is 0 Å². The molecule has 0 radical (unpaired) electrons. The fourth-order valence-electron chi connectivity index (χ4n) is 2.17. The van der Waals surface area contributed by atoms with E-state index >= 15 is 0 Å². The summed E-state index contributed by atoms with van der Waals surface area (Å²) in [6, 6.07) is 10.3. The van der Waals surface area contributed by atoms with Crippen LogP contribution in [0.1, 0.15) is 0 Å². The van der Waals surface area contributed by atoms with Crippen LogP contribution in [0.25, 0.3) is 10.9 Å². The highest BCUT2D eigenvalue weighted by molar-refractivity contribution is 6.38. The molecule has 3 aromatic rings. The van der Waals surface area contributed by atoms with Gasteiger partial charge >= 0.3 is 0 Å². The van der Waals surface area contributed by atoms with Gasteiger partial charge in [0, 0.05) is 5.02 Å². The third-order valence-corrected chi connectivity index (χ3v) is 4.09. The quantitative estimate of drug-likeness (QED) is 0.683. The number of nitrogens with zero attached hydrogens (tertiary/aromatic N) is 2. The molecule has 2 aromatic carbocycles. The van der Waals surface area contributed by atoms with Crippen molar-refractivity contribution in [3.05, 3.63) is 68.1 Å². The number of aromatic nitrogens is 2. The van der Waals surface area contributed by atoms with E-state index in [0.29, 0.717) is 38.3 Å². The van der Waals surface area contributed by atoms with Gasteiger partial charge in [0.05, 0.1) is 33.8 Å². The molecule has 0 spiro atoms. The second-order valence-electron chi connectivity index (χ2n) is 4.81. The number of para-hydroxylation sites is 1. The Labute approximate surface area is 147 Å². The molecule has 0 bridgehead atoms. The molecule has 118 valence electrons. The molecule has 0 saturated heterocycles. The van der Waals surface area contributed by atoms with Crippen molar-refractivity contribution in [1.82, 2.24) is 9.55 Å². The van der Waals surface area contributed by atoms with Crippen molar-refractivity contribution in [3.63, 3.8) is 0 Å². The van der Waals surface area contributed by atoms with E-state index in [1.807, 2.05) is 12.1 Å². The van der Waals surface area contributed by atoms with Crippen LogP contribution < -0.4 is 10.3 Å². The van der Waals surface area contributed by atoms with Crippen LogP contribution in [-0.4, -0.2) is 16.2 Å². The van der Waals surface area contributed by atoms with Crippen molar-refractivity contribution >= 4 is 45.7 Å². The summed E-state index contributed by atoms with van der Waals surface area (Å²) in [5.74, 6) is 0.571. The Balaban J connectivity index is 1.83. The number of halogens is 3. The predicted molar refractivity (Wildman–Crippen MR) is 93.0 cm³/mol. The van der Waals surface area contributed by atoms with Gasteiger partial charge in [-0.2, -0.15) is 0 Å². The molecular formula is C16H11Cl3N2O2. The molecular weight excluding hydrogens is 359 g/mol. The van der Waals surface area contributed by atoms with Crippen LogP contribution >= 0.6 is 34.8 Å². The van der Waals surface area contributed by atoms with Crippen LogP contribution in [0.5, 0.6) is 5.75 Å². The maximum absolute atomic E-state index is 12.5. The van der Waals surface area contributed by atoms with Crippen molar-refractivity contribution in [3.8, 4) is 5.75 Å². The normalized spacial score (nSPS) is 10.9. The first-order valence-electron chi connectivity index (χ1n) is 6.78. The molecule has 0 amide bonds. The Hall–Kier alpha value is -1.75. The van der Waals surface area contributed by atoms with E-state index in [1.165, 1.54) is 10.9 Å². The smallest absolute Gasteiger partial charge is 0.261 e. The zero-order chi connectivity index (χ0) is 16.4. The molecule has 0 aliphatic carbocycles. The van der Waals surface area contributed by atoms with Gasteiger partial charge in [-0.1, -0.05) is 46.9 Å². The lowest BCUT2D eigenvalue weighted by Crippen LogP contribution is -2.23. The summed E-state index contributed by atoms with van der Waals surface area (Å²) in [7, 11) is 0. The van der Waals surface area contributed by atoms with Crippen molar-refractivity contribution in [2.24, 2.45) is 0 Å². The molecule has 1 aromatic heterocycles. The zero-order valence-corrected chi connectivity index (χ0v) is 14.1. The van der Waals surface area contributed by atoms with Crippen LogP contribution in [-0.2, 0) is 6.54 Å². The van der Waals surface area contributed by atoms with Gasteiger partial charge in [0.1, 0.15) is 12.4 Å². The lowest BCUT2D eigenvalue weighted by molar-refractivity contribution is 0.296. The molecule has 0 atom stereocenters. The SMILES string of the molecule is O=c1c2cc(Cl)cc(Cl)c2ncn1CCOc1ccccc1Cl. The van der Waals surface area contributed by atoms with Crippen molar-refractivity contribution < 1.29 is 4.74 Å². The molecule has 0 aliphatic rings. The Bertz CT molecular complexity index is 925. The van der Waals surface area contributed by atoms with Crippen molar-refractivity contribution in [2.75, 3.05) is 6.61 Å². The monoisotopic (exact) mass is 368 g/mol. The fourth-order valence-corrected chi connectivity index (χ4v) is 2.90. The second kappa shape index (κ2) is 6.79. The lowest BCUT2D eigenvalue weighted by Gasteiger charge is -2.10. The molecule has 0 unspecified atom stereocenters. The molecule has 0 saturated carbocycles. The van der Waals surface area contributed by atoms with Gasteiger partial charge in [0.2, 0.25) is 0 Å². The Morgan fingerprint density at radius 1 is 1.09 bits per heavy atom. The van der Waals surface area contributed by atoms with E-state index in [9.17, 15) is 4.79 Å². The third-order valence-electron chi connectivity index (χ3n) is 3.27. The highest BCUT2D eigenvalue weighted by Crippen LogP contribution is 2.24. The number of rotatable bonds is 4. The summed E-state index contributed by atoms with van der Waals surface area (Å²) in [4.78, 5) is 16.7. The number of ether oxygens (including phenoxy) is 1. The van der Waals surface area contributed by atoms with Gasteiger partial charge in [-0.3, -0.25) is 9.36 Å². The van der Waals surface area contributed by atoms with Gasteiger partial charge < -0.3 is 4.74 Å². The van der Waals surface area contributed by atoms with Gasteiger partial charge in [0.15, 0.2) is 0 Å². The van der Waals surface area contributed by atoms with Crippen molar-refractivity contribution in [2.45, 2.75) is 6.54 Å². The standard InChI is InChI=1S/C16H11Cl3N2O2/c17-10-7-11-15(13(19)8-10)20-9-21(16(11)22)5-6-23-14-4-2-1-3-12(14)18/h1-4,7-9H,5-6H2. The van der Waals surface area contributed by atoms with Gasteiger partial charge in [-0.05, 0) is 24.3 Å². The maximum atomic E-state index is 12.5. The first-order chi connectivity index (χ1) is 11.1. The minimum Gasteiger partial charge on any atom is -0.490 e. The first-order valence-corrected chi connectivity index (χ1v) is 7.91. The number of hydrogen-bond acceptors (Lipinski definition) is 3. The second-order valence-corrected chi connectivity index (χ2v) is 6.06. The molecule has 1 heterocycles. The predicted octanol–water partition coefficient (Wildman–Crippen LogP) is 4.44. The van der Waals surface area contributed by atoms with E-state index in [1.54, 1.807) is 24.3 Å². The van der Waals surface area contributed by atoms with E-state index in [-0.39, 0.29) is 12.2 Å². The van der Waals surface area contributed by atoms with E-state index in [2.05, 4.69) is 4.98 Å². The average Bonchev–Trinajstić information content (AvgIpc) is 2.52. The Morgan fingerprint density at radius 3 is 2.65 bits per heavy atom. The maximum Gasteiger partial charge on any atom is 0.261 e.